The topological polar surface area (TPSA) is 70.7 Å². The van der Waals surface area contributed by atoms with Gasteiger partial charge in [-0.25, -0.2) is 0 Å². The Kier molecular flexibility index (Phi) is 5.53. The third-order valence-corrected chi connectivity index (χ3v) is 5.83. The van der Waals surface area contributed by atoms with E-state index in [1.807, 2.05) is 41.3 Å². The van der Waals surface area contributed by atoms with Crippen LogP contribution in [0.5, 0.6) is 5.75 Å². The minimum absolute atomic E-state index is 0.0381. The number of hydrogen-bond donors (Lipinski definition) is 2. The van der Waals surface area contributed by atoms with Crippen molar-refractivity contribution in [2.75, 3.05) is 32.1 Å². The Balaban J connectivity index is 1.55. The van der Waals surface area contributed by atoms with Crippen LogP contribution in [0.3, 0.4) is 0 Å². The van der Waals surface area contributed by atoms with Gasteiger partial charge >= 0.3 is 0 Å². The van der Waals surface area contributed by atoms with Crippen LogP contribution in [0.4, 0.5) is 5.69 Å². The van der Waals surface area contributed by atoms with Gasteiger partial charge in [-0.3, -0.25) is 9.59 Å². The molecule has 3 atom stereocenters. The van der Waals surface area contributed by atoms with E-state index in [1.54, 1.807) is 19.2 Å². The molecule has 2 amide bonds. The van der Waals surface area contributed by atoms with Crippen molar-refractivity contribution >= 4 is 17.5 Å². The highest BCUT2D eigenvalue weighted by atomic mass is 16.5. The standard InChI is InChI=1S/C23H27N3O3/c1-15-12-19(15)22(27)25-17-7-5-6-16(13-17)23(28)26-11-10-24-14-20(26)18-8-3-4-9-21(18)29-2/h3-9,13,15,19-20,24H,10-12,14H2,1-2H3,(H,25,27). The van der Waals surface area contributed by atoms with E-state index in [0.29, 0.717) is 30.3 Å². The van der Waals surface area contributed by atoms with Gasteiger partial charge < -0.3 is 20.3 Å². The number of amides is 2. The van der Waals surface area contributed by atoms with Gasteiger partial charge in [-0.2, -0.15) is 0 Å². The second-order valence-corrected chi connectivity index (χ2v) is 7.85. The summed E-state index contributed by atoms with van der Waals surface area (Å²) in [6.07, 6.45) is 0.936. The lowest BCUT2D eigenvalue weighted by molar-refractivity contribution is -0.117. The van der Waals surface area contributed by atoms with Crippen LogP contribution in [0.25, 0.3) is 0 Å². The summed E-state index contributed by atoms with van der Waals surface area (Å²) >= 11 is 0. The molecule has 1 heterocycles. The van der Waals surface area contributed by atoms with Crippen molar-refractivity contribution in [3.05, 3.63) is 59.7 Å². The molecule has 2 fully saturated rings. The molecule has 0 aromatic heterocycles. The van der Waals surface area contributed by atoms with Crippen molar-refractivity contribution in [1.29, 1.82) is 0 Å². The zero-order valence-corrected chi connectivity index (χ0v) is 16.9. The van der Waals surface area contributed by atoms with Crippen LogP contribution in [0, 0.1) is 11.8 Å². The second kappa shape index (κ2) is 8.25. The third-order valence-electron chi connectivity index (χ3n) is 5.83. The Bertz CT molecular complexity index is 914. The van der Waals surface area contributed by atoms with E-state index >= 15 is 0 Å². The number of carbonyl (C=O) groups excluding carboxylic acids is 2. The summed E-state index contributed by atoms with van der Waals surface area (Å²) in [6, 6.07) is 14.9. The first-order valence-corrected chi connectivity index (χ1v) is 10.1. The molecule has 1 saturated heterocycles. The summed E-state index contributed by atoms with van der Waals surface area (Å²) in [7, 11) is 1.65. The number of hydrogen-bond acceptors (Lipinski definition) is 4. The maximum atomic E-state index is 13.4. The van der Waals surface area contributed by atoms with Crippen LogP contribution in [0.1, 0.15) is 35.3 Å². The molecule has 2 aromatic rings. The number of nitrogens with one attached hydrogen (secondary N) is 2. The molecule has 0 bridgehead atoms. The molecular weight excluding hydrogens is 366 g/mol. The summed E-state index contributed by atoms with van der Waals surface area (Å²) < 4.78 is 5.52. The molecule has 2 aliphatic rings. The summed E-state index contributed by atoms with van der Waals surface area (Å²) in [4.78, 5) is 27.5. The van der Waals surface area contributed by atoms with Gasteiger partial charge in [0.25, 0.3) is 5.91 Å². The van der Waals surface area contributed by atoms with Crippen molar-refractivity contribution in [2.24, 2.45) is 11.8 Å². The number of carbonyl (C=O) groups is 2. The lowest BCUT2D eigenvalue weighted by Crippen LogP contribution is -2.48. The first-order valence-electron chi connectivity index (χ1n) is 10.1. The highest BCUT2D eigenvalue weighted by molar-refractivity contribution is 5.98. The molecule has 29 heavy (non-hydrogen) atoms. The fraction of sp³-hybridized carbons (Fsp3) is 0.391. The first-order chi connectivity index (χ1) is 14.1. The van der Waals surface area contributed by atoms with Crippen LogP contribution in [-0.4, -0.2) is 43.5 Å². The van der Waals surface area contributed by atoms with Crippen LogP contribution in [0.15, 0.2) is 48.5 Å². The monoisotopic (exact) mass is 393 g/mol. The molecule has 6 nitrogen and oxygen atoms in total. The number of ether oxygens (including phenoxy) is 1. The SMILES string of the molecule is COc1ccccc1C1CNCCN1C(=O)c1cccc(NC(=O)C2CC2C)c1. The highest BCUT2D eigenvalue weighted by Gasteiger charge is 2.39. The maximum Gasteiger partial charge on any atom is 0.254 e. The quantitative estimate of drug-likeness (QED) is 0.819. The van der Waals surface area contributed by atoms with Gasteiger partial charge in [-0.05, 0) is 36.6 Å². The van der Waals surface area contributed by atoms with Crippen molar-refractivity contribution in [3.63, 3.8) is 0 Å². The van der Waals surface area contributed by atoms with E-state index in [9.17, 15) is 9.59 Å². The van der Waals surface area contributed by atoms with E-state index in [1.165, 1.54) is 0 Å². The lowest BCUT2D eigenvalue weighted by Gasteiger charge is -2.37. The Morgan fingerprint density at radius 2 is 1.97 bits per heavy atom. The summed E-state index contributed by atoms with van der Waals surface area (Å²) in [5.74, 6) is 1.31. The molecule has 3 unspecified atom stereocenters. The van der Waals surface area contributed by atoms with E-state index in [0.717, 1.165) is 24.3 Å². The molecule has 0 radical (unpaired) electrons. The van der Waals surface area contributed by atoms with Crippen LogP contribution in [-0.2, 0) is 4.79 Å². The molecule has 152 valence electrons. The number of rotatable bonds is 5. The van der Waals surface area contributed by atoms with E-state index < -0.39 is 0 Å². The number of piperazine rings is 1. The van der Waals surface area contributed by atoms with Crippen molar-refractivity contribution in [2.45, 2.75) is 19.4 Å². The number of benzene rings is 2. The fourth-order valence-electron chi connectivity index (χ4n) is 3.99. The fourth-order valence-corrected chi connectivity index (χ4v) is 3.99. The minimum Gasteiger partial charge on any atom is -0.496 e. The molecule has 1 saturated carbocycles. The van der Waals surface area contributed by atoms with Gasteiger partial charge in [-0.15, -0.1) is 0 Å². The predicted octanol–water partition coefficient (Wildman–Crippen LogP) is 3.08. The molecule has 0 spiro atoms. The Hall–Kier alpha value is -2.86. The largest absolute Gasteiger partial charge is 0.496 e. The predicted molar refractivity (Wildman–Crippen MR) is 112 cm³/mol. The van der Waals surface area contributed by atoms with Crippen LogP contribution >= 0.6 is 0 Å². The average molecular weight is 393 g/mol. The van der Waals surface area contributed by atoms with Crippen molar-refractivity contribution < 1.29 is 14.3 Å². The summed E-state index contributed by atoms with van der Waals surface area (Å²) in [5, 5.41) is 6.33. The summed E-state index contributed by atoms with van der Waals surface area (Å²) in [5.41, 5.74) is 2.24. The molecule has 1 aliphatic heterocycles. The second-order valence-electron chi connectivity index (χ2n) is 7.85. The average Bonchev–Trinajstić information content (AvgIpc) is 3.50. The smallest absolute Gasteiger partial charge is 0.254 e. The third kappa shape index (κ3) is 4.12. The lowest BCUT2D eigenvalue weighted by atomic mass is 10.0. The molecule has 1 aliphatic carbocycles. The highest BCUT2D eigenvalue weighted by Crippen LogP contribution is 2.38. The van der Waals surface area contributed by atoms with Gasteiger partial charge in [-0.1, -0.05) is 31.2 Å². The van der Waals surface area contributed by atoms with E-state index in [-0.39, 0.29) is 23.8 Å². The zero-order chi connectivity index (χ0) is 20.4. The molecule has 6 heteroatoms. The number of para-hydroxylation sites is 1. The van der Waals surface area contributed by atoms with Crippen molar-refractivity contribution in [1.82, 2.24) is 10.2 Å². The van der Waals surface area contributed by atoms with Gasteiger partial charge in [0.15, 0.2) is 0 Å². The van der Waals surface area contributed by atoms with Crippen molar-refractivity contribution in [3.8, 4) is 5.75 Å². The zero-order valence-electron chi connectivity index (χ0n) is 16.9. The van der Waals surface area contributed by atoms with Crippen LogP contribution in [0.2, 0.25) is 0 Å². The van der Waals surface area contributed by atoms with E-state index in [2.05, 4.69) is 17.6 Å². The molecule has 4 rings (SSSR count). The maximum absolute atomic E-state index is 13.4. The minimum atomic E-state index is -0.113. The van der Waals surface area contributed by atoms with Crippen LogP contribution < -0.4 is 15.4 Å². The molecule has 2 N–H and O–H groups in total. The van der Waals surface area contributed by atoms with Gasteiger partial charge in [0, 0.05) is 42.4 Å². The normalized spacial score (nSPS) is 23.4. The number of anilines is 1. The molecule has 2 aromatic carbocycles. The first kappa shape index (κ1) is 19.5. The molecular formula is C23H27N3O3. The van der Waals surface area contributed by atoms with Gasteiger partial charge in [0.1, 0.15) is 5.75 Å². The number of methoxy groups -OCH3 is 1. The summed E-state index contributed by atoms with van der Waals surface area (Å²) in [6.45, 7) is 4.10. The Morgan fingerprint density at radius 1 is 1.17 bits per heavy atom. The Labute approximate surface area is 171 Å². The Morgan fingerprint density at radius 3 is 2.72 bits per heavy atom. The van der Waals surface area contributed by atoms with Gasteiger partial charge in [0.05, 0.1) is 13.2 Å². The van der Waals surface area contributed by atoms with Gasteiger partial charge in [0.2, 0.25) is 5.91 Å². The van der Waals surface area contributed by atoms with E-state index in [4.69, 9.17) is 4.74 Å². The number of nitrogens with zero attached hydrogens (tertiary/aromatic N) is 1.